The second-order valence-electron chi connectivity index (χ2n) is 5.63. The molecule has 1 N–H and O–H groups in total. The van der Waals surface area contributed by atoms with Crippen LogP contribution in [0.4, 0.5) is 0 Å². The van der Waals surface area contributed by atoms with Gasteiger partial charge in [-0.25, -0.2) is 4.79 Å². The smallest absolute Gasteiger partial charge is 0.331 e. The Balaban J connectivity index is 4.99. The van der Waals surface area contributed by atoms with E-state index in [1.165, 1.54) is 0 Å². The van der Waals surface area contributed by atoms with Crippen molar-refractivity contribution >= 4 is 13.3 Å². The summed E-state index contributed by atoms with van der Waals surface area (Å²) in [4.78, 5) is 11.2. The number of carbonyl (C=O) groups is 1. The van der Waals surface area contributed by atoms with Gasteiger partial charge in [-0.3, -0.25) is 4.57 Å². The maximum atomic E-state index is 12.7. The van der Waals surface area contributed by atoms with Crippen LogP contribution in [-0.2, 0) is 13.9 Å². The Hall–Kier alpha value is -0.600. The Morgan fingerprint density at radius 1 is 1.26 bits per heavy atom. The first-order valence-electron chi connectivity index (χ1n) is 6.85. The molecule has 112 valence electrons. The Morgan fingerprint density at radius 3 is 2.21 bits per heavy atom. The third kappa shape index (κ3) is 8.22. The molecule has 0 aliphatic heterocycles. The number of aliphatic carboxylic acids is 1. The van der Waals surface area contributed by atoms with Crippen LogP contribution >= 0.6 is 7.37 Å². The molecular weight excluding hydrogens is 263 g/mol. The first-order valence-corrected chi connectivity index (χ1v) is 8.84. The van der Waals surface area contributed by atoms with E-state index in [4.69, 9.17) is 4.52 Å². The molecule has 0 spiro atoms. The molecule has 0 bridgehead atoms. The molecule has 0 saturated heterocycles. The lowest BCUT2D eigenvalue weighted by molar-refractivity contribution is -0.132. The number of carboxylic acids is 1. The molecule has 0 aliphatic rings. The SMILES string of the molecule is CCOP(=O)(C/C(=C\CC(C)C)C(=O)O)CC(C)C. The molecule has 1 atom stereocenters. The number of allylic oxidation sites excluding steroid dienone is 1. The number of hydrogen-bond acceptors (Lipinski definition) is 3. The van der Waals surface area contributed by atoms with Crippen molar-refractivity contribution in [3.8, 4) is 0 Å². The van der Waals surface area contributed by atoms with Crippen molar-refractivity contribution in [1.82, 2.24) is 0 Å². The highest BCUT2D eigenvalue weighted by Crippen LogP contribution is 2.50. The Morgan fingerprint density at radius 2 is 1.84 bits per heavy atom. The molecule has 0 rings (SSSR count). The Labute approximate surface area is 116 Å². The van der Waals surface area contributed by atoms with E-state index in [0.717, 1.165) is 0 Å². The normalized spacial score (nSPS) is 15.8. The van der Waals surface area contributed by atoms with Crippen LogP contribution in [0.25, 0.3) is 0 Å². The maximum Gasteiger partial charge on any atom is 0.331 e. The molecule has 0 radical (unpaired) electrons. The van der Waals surface area contributed by atoms with Gasteiger partial charge in [-0.05, 0) is 25.2 Å². The molecule has 0 saturated carbocycles. The average Bonchev–Trinajstić information content (AvgIpc) is 2.22. The molecule has 1 unspecified atom stereocenters. The van der Waals surface area contributed by atoms with Gasteiger partial charge in [-0.2, -0.15) is 0 Å². The van der Waals surface area contributed by atoms with Crippen molar-refractivity contribution in [3.63, 3.8) is 0 Å². The van der Waals surface area contributed by atoms with E-state index in [0.29, 0.717) is 25.1 Å². The van der Waals surface area contributed by atoms with E-state index < -0.39 is 13.3 Å². The highest BCUT2D eigenvalue weighted by Gasteiger charge is 2.27. The van der Waals surface area contributed by atoms with Gasteiger partial charge in [-0.1, -0.05) is 33.8 Å². The van der Waals surface area contributed by atoms with Crippen LogP contribution in [-0.4, -0.2) is 30.0 Å². The minimum atomic E-state index is -2.89. The molecule has 0 fully saturated rings. The monoisotopic (exact) mass is 290 g/mol. The van der Waals surface area contributed by atoms with Gasteiger partial charge in [0.25, 0.3) is 0 Å². The van der Waals surface area contributed by atoms with Crippen molar-refractivity contribution < 1.29 is 19.0 Å². The van der Waals surface area contributed by atoms with Crippen LogP contribution in [0.15, 0.2) is 11.6 Å². The topological polar surface area (TPSA) is 63.6 Å². The number of carboxylic acid groups (broad SMARTS) is 1. The van der Waals surface area contributed by atoms with Gasteiger partial charge in [0.05, 0.1) is 12.8 Å². The fourth-order valence-corrected chi connectivity index (χ4v) is 4.50. The summed E-state index contributed by atoms with van der Waals surface area (Å²) in [6.45, 7) is 10.1. The molecule has 19 heavy (non-hydrogen) atoms. The molecular formula is C14H27O4P. The highest BCUT2D eigenvalue weighted by atomic mass is 31.2. The van der Waals surface area contributed by atoms with Crippen LogP contribution in [0.3, 0.4) is 0 Å². The van der Waals surface area contributed by atoms with Gasteiger partial charge in [0.2, 0.25) is 7.37 Å². The zero-order valence-electron chi connectivity index (χ0n) is 12.7. The zero-order valence-corrected chi connectivity index (χ0v) is 13.6. The molecule has 0 aliphatic carbocycles. The average molecular weight is 290 g/mol. The van der Waals surface area contributed by atoms with Gasteiger partial charge in [-0.15, -0.1) is 0 Å². The van der Waals surface area contributed by atoms with Crippen LogP contribution in [0, 0.1) is 11.8 Å². The first kappa shape index (κ1) is 18.4. The second-order valence-corrected chi connectivity index (χ2v) is 8.20. The molecule has 0 heterocycles. The quantitative estimate of drug-likeness (QED) is 0.514. The largest absolute Gasteiger partial charge is 0.478 e. The van der Waals surface area contributed by atoms with E-state index in [-0.39, 0.29) is 17.7 Å². The predicted molar refractivity (Wildman–Crippen MR) is 79.0 cm³/mol. The van der Waals surface area contributed by atoms with Gasteiger partial charge >= 0.3 is 5.97 Å². The van der Waals surface area contributed by atoms with E-state index in [9.17, 15) is 14.5 Å². The van der Waals surface area contributed by atoms with Crippen LogP contribution in [0.2, 0.25) is 0 Å². The molecule has 4 nitrogen and oxygen atoms in total. The summed E-state index contributed by atoms with van der Waals surface area (Å²) in [6.07, 6.45) is 2.81. The second kappa shape index (κ2) is 8.55. The lowest BCUT2D eigenvalue weighted by atomic mass is 10.1. The van der Waals surface area contributed by atoms with Crippen molar-refractivity contribution in [2.24, 2.45) is 11.8 Å². The van der Waals surface area contributed by atoms with E-state index >= 15 is 0 Å². The fraction of sp³-hybridized carbons (Fsp3) is 0.786. The van der Waals surface area contributed by atoms with E-state index in [1.807, 2.05) is 27.7 Å². The number of rotatable bonds is 9. The predicted octanol–water partition coefficient (Wildman–Crippen LogP) is 4.01. The van der Waals surface area contributed by atoms with Crippen molar-refractivity contribution in [2.75, 3.05) is 18.9 Å². The summed E-state index contributed by atoms with van der Waals surface area (Å²) in [5, 5.41) is 9.21. The fourth-order valence-electron chi connectivity index (χ4n) is 1.81. The molecule has 0 aromatic rings. The summed E-state index contributed by atoms with van der Waals surface area (Å²) < 4.78 is 18.0. The molecule has 0 amide bonds. The van der Waals surface area contributed by atoms with Crippen LogP contribution < -0.4 is 0 Å². The molecule has 0 aromatic heterocycles. The van der Waals surface area contributed by atoms with Crippen molar-refractivity contribution in [2.45, 2.75) is 41.0 Å². The maximum absolute atomic E-state index is 12.7. The summed E-state index contributed by atoms with van der Waals surface area (Å²) >= 11 is 0. The summed E-state index contributed by atoms with van der Waals surface area (Å²) in [5.41, 5.74) is 0.214. The lowest BCUT2D eigenvalue weighted by Gasteiger charge is -2.20. The Bertz CT molecular complexity index is 358. The summed E-state index contributed by atoms with van der Waals surface area (Å²) in [6, 6.07) is 0. The highest BCUT2D eigenvalue weighted by molar-refractivity contribution is 7.59. The van der Waals surface area contributed by atoms with Crippen LogP contribution in [0.1, 0.15) is 41.0 Å². The van der Waals surface area contributed by atoms with E-state index in [1.54, 1.807) is 13.0 Å². The van der Waals surface area contributed by atoms with Gasteiger partial charge in [0, 0.05) is 11.7 Å². The standard InChI is InChI=1S/C14H27O4P/c1-6-18-19(17,9-12(4)5)10-13(14(15)16)8-7-11(2)3/h8,11-12H,6-7,9-10H2,1-5H3,(H,15,16)/b13-8+. The number of hydrogen-bond donors (Lipinski definition) is 1. The molecule has 5 heteroatoms. The Kier molecular flexibility index (Phi) is 8.28. The van der Waals surface area contributed by atoms with Gasteiger partial charge in [0.15, 0.2) is 0 Å². The lowest BCUT2D eigenvalue weighted by Crippen LogP contribution is -2.12. The van der Waals surface area contributed by atoms with Crippen molar-refractivity contribution in [3.05, 3.63) is 11.6 Å². The molecule has 0 aromatic carbocycles. The van der Waals surface area contributed by atoms with E-state index in [2.05, 4.69) is 0 Å². The minimum Gasteiger partial charge on any atom is -0.478 e. The third-order valence-corrected chi connectivity index (χ3v) is 5.37. The summed E-state index contributed by atoms with van der Waals surface area (Å²) in [5.74, 6) is -0.396. The minimum absolute atomic E-state index is 0.0288. The first-order chi connectivity index (χ1) is 8.70. The van der Waals surface area contributed by atoms with Crippen LogP contribution in [0.5, 0.6) is 0 Å². The van der Waals surface area contributed by atoms with Crippen molar-refractivity contribution in [1.29, 1.82) is 0 Å². The van der Waals surface area contributed by atoms with Gasteiger partial charge in [0.1, 0.15) is 0 Å². The summed E-state index contributed by atoms with van der Waals surface area (Å²) in [7, 11) is -2.89. The zero-order chi connectivity index (χ0) is 15.1. The van der Waals surface area contributed by atoms with Gasteiger partial charge < -0.3 is 9.63 Å². The third-order valence-electron chi connectivity index (χ3n) is 2.53.